The van der Waals surface area contributed by atoms with E-state index >= 15 is 0 Å². The number of nitrogens with zero attached hydrogens (tertiary/aromatic N) is 3. The number of hydrogen-bond donors (Lipinski definition) is 6. The van der Waals surface area contributed by atoms with Gasteiger partial charge in [0.05, 0.1) is 52.9 Å². The van der Waals surface area contributed by atoms with Crippen LogP contribution in [-0.4, -0.2) is 110 Å². The lowest BCUT2D eigenvalue weighted by molar-refractivity contribution is 0.0519. The molecule has 0 aliphatic heterocycles. The molecule has 3 aromatic carbocycles. The summed E-state index contributed by atoms with van der Waals surface area (Å²) in [5, 5.41) is 15.4. The Kier molecular flexibility index (Phi) is 21.2. The largest absolute Gasteiger partial charge is 0.378 e. The van der Waals surface area contributed by atoms with E-state index in [-0.39, 0.29) is 11.8 Å². The predicted octanol–water partition coefficient (Wildman–Crippen LogP) is 5.42. The Morgan fingerprint density at radius 1 is 0.545 bits per heavy atom. The highest BCUT2D eigenvalue weighted by Gasteiger charge is 2.10. The smallest absolute Gasteiger partial charge is 0.251 e. The maximum Gasteiger partial charge on any atom is 0.251 e. The van der Waals surface area contributed by atoms with Gasteiger partial charge in [-0.1, -0.05) is 48.5 Å². The van der Waals surface area contributed by atoms with Gasteiger partial charge in [0.1, 0.15) is 0 Å². The number of hydrogen-bond acceptors (Lipinski definition) is 13. The van der Waals surface area contributed by atoms with Gasteiger partial charge in [-0.25, -0.2) is 0 Å². The molecule has 0 saturated heterocycles. The zero-order valence-corrected chi connectivity index (χ0v) is 33.2. The van der Waals surface area contributed by atoms with Crippen LogP contribution in [0, 0.1) is 3.56 Å². The van der Waals surface area contributed by atoms with E-state index in [1.807, 2.05) is 24.3 Å². The van der Waals surface area contributed by atoms with Crippen LogP contribution in [0.4, 0.5) is 23.5 Å². The van der Waals surface area contributed by atoms with E-state index < -0.39 is 21.0 Å². The summed E-state index contributed by atoms with van der Waals surface area (Å²) in [5.74, 6) is 0.844. The number of halogens is 1. The third-order valence-electron chi connectivity index (χ3n) is 7.75. The number of aryl methyl sites for hydroxylation is 1. The van der Waals surface area contributed by atoms with Crippen molar-refractivity contribution in [3.8, 4) is 0 Å². The predicted molar refractivity (Wildman–Crippen MR) is 222 cm³/mol. The van der Waals surface area contributed by atoms with E-state index in [0.29, 0.717) is 114 Å². The normalized spacial score (nSPS) is 10.8. The maximum absolute atomic E-state index is 12.6. The lowest BCUT2D eigenvalue weighted by Gasteiger charge is -2.12. The number of carbonyl (C=O) groups is 2. The summed E-state index contributed by atoms with van der Waals surface area (Å²) >= 11 is -0.489. The minimum Gasteiger partial charge on any atom is -0.378 e. The summed E-state index contributed by atoms with van der Waals surface area (Å²) in [6.07, 6.45) is 2.97. The Morgan fingerprint density at radius 3 is 1.65 bits per heavy atom. The third kappa shape index (κ3) is 18.5. The Morgan fingerprint density at radius 2 is 1.05 bits per heavy atom. The minimum absolute atomic E-state index is 0.128. The SMILES string of the molecule is N=ICCOCCOCCNC(=O)c1ccc(Nc2nc(NCCCCc3ccccc3)nc(NCCOCCOCCNC(=O)c3ccccc3)n2)cc1. The minimum atomic E-state index is -0.489. The fourth-order valence-corrected chi connectivity index (χ4v) is 5.49. The summed E-state index contributed by atoms with van der Waals surface area (Å²) in [4.78, 5) is 38.4. The van der Waals surface area contributed by atoms with Gasteiger partial charge in [0.15, 0.2) is 0 Å². The quantitative estimate of drug-likeness (QED) is 0.0231. The van der Waals surface area contributed by atoms with Gasteiger partial charge in [-0.15, -0.1) is 0 Å². The molecule has 0 radical (unpaired) electrons. The van der Waals surface area contributed by atoms with E-state index in [2.05, 4.69) is 65.8 Å². The number of anilines is 4. The topological polar surface area (TPSA) is 194 Å². The molecule has 0 atom stereocenters. The van der Waals surface area contributed by atoms with E-state index in [1.54, 1.807) is 36.4 Å². The number of alkyl halides is 1. The van der Waals surface area contributed by atoms with Crippen molar-refractivity contribution >= 4 is 56.4 Å². The molecular weight excluding hydrogens is 817 g/mol. The molecule has 0 bridgehead atoms. The number of amides is 2. The van der Waals surface area contributed by atoms with Crippen LogP contribution in [0.2, 0.25) is 0 Å². The molecule has 55 heavy (non-hydrogen) atoms. The summed E-state index contributed by atoms with van der Waals surface area (Å²) in [6, 6.07) is 26.5. The number of aromatic nitrogens is 3. The molecule has 4 rings (SSSR count). The molecule has 15 nitrogen and oxygen atoms in total. The zero-order valence-electron chi connectivity index (χ0n) is 31.1. The van der Waals surface area contributed by atoms with Crippen LogP contribution in [0.25, 0.3) is 0 Å². The number of rotatable bonds is 29. The van der Waals surface area contributed by atoms with Crippen molar-refractivity contribution in [1.29, 1.82) is 3.56 Å². The molecule has 0 spiro atoms. The highest BCUT2D eigenvalue weighted by Crippen LogP contribution is 2.17. The number of benzene rings is 3. The molecular formula is C39H52IN9O6. The second-order valence-electron chi connectivity index (χ2n) is 12.0. The van der Waals surface area contributed by atoms with Crippen molar-refractivity contribution in [3.05, 3.63) is 102 Å². The van der Waals surface area contributed by atoms with E-state index in [4.69, 9.17) is 22.5 Å². The molecule has 1 aromatic heterocycles. The van der Waals surface area contributed by atoms with Crippen LogP contribution >= 0.6 is 21.0 Å². The fraction of sp³-hybridized carbons (Fsp3) is 0.410. The average molecular weight is 870 g/mol. The summed E-state index contributed by atoms with van der Waals surface area (Å²) in [7, 11) is 0. The van der Waals surface area contributed by atoms with Crippen LogP contribution < -0.4 is 26.6 Å². The first-order valence-electron chi connectivity index (χ1n) is 18.4. The molecule has 6 N–H and O–H groups in total. The molecule has 0 aliphatic carbocycles. The molecule has 1 heterocycles. The second kappa shape index (κ2) is 27.0. The van der Waals surface area contributed by atoms with Crippen LogP contribution in [-0.2, 0) is 25.4 Å². The van der Waals surface area contributed by atoms with Crippen LogP contribution in [0.5, 0.6) is 0 Å². The van der Waals surface area contributed by atoms with Gasteiger partial charge in [-0.2, -0.15) is 15.0 Å². The van der Waals surface area contributed by atoms with Gasteiger partial charge < -0.3 is 45.5 Å². The van der Waals surface area contributed by atoms with Crippen molar-refractivity contribution < 1.29 is 28.5 Å². The van der Waals surface area contributed by atoms with Gasteiger partial charge >= 0.3 is 0 Å². The number of carbonyl (C=O) groups excluding carboxylic acids is 2. The standard InChI is InChI=1S/C39H52IN9O6/c41-40-18-23-52-27-28-53-25-21-43-36(51)33-14-16-34(17-15-33)46-39-48-37(44-19-8-7-11-31-9-3-1-4-10-31)47-38(49-39)45-22-26-55-30-29-54-24-20-42-35(50)32-12-5-2-6-13-32/h1-6,9-10,12-17,41H,7-8,11,18-30H2,(H,42,50)(H,43,51)(H3,44,45,46,47,48,49). The number of unbranched alkanes of at least 4 members (excludes halogenated alkanes) is 1. The van der Waals surface area contributed by atoms with Gasteiger partial charge in [0.2, 0.25) is 17.8 Å². The van der Waals surface area contributed by atoms with Crippen molar-refractivity contribution in [2.24, 2.45) is 0 Å². The molecule has 0 saturated carbocycles. The Bertz CT molecular complexity index is 1670. The van der Waals surface area contributed by atoms with E-state index in [9.17, 15) is 9.59 Å². The molecule has 0 fully saturated rings. The summed E-state index contributed by atoms with van der Waals surface area (Å²) < 4.78 is 30.2. The van der Waals surface area contributed by atoms with Gasteiger partial charge in [-0.3, -0.25) is 13.2 Å². The first kappa shape index (κ1) is 43.1. The maximum atomic E-state index is 12.6. The lowest BCUT2D eigenvalue weighted by atomic mass is 10.1. The first-order valence-corrected chi connectivity index (χ1v) is 21.0. The monoisotopic (exact) mass is 869 g/mol. The third-order valence-corrected chi connectivity index (χ3v) is 8.73. The fourth-order valence-electron chi connectivity index (χ4n) is 4.96. The zero-order chi connectivity index (χ0) is 38.6. The van der Waals surface area contributed by atoms with Crippen LogP contribution in [0.15, 0.2) is 84.9 Å². The van der Waals surface area contributed by atoms with Crippen LogP contribution in [0.3, 0.4) is 0 Å². The number of ether oxygens (including phenoxy) is 4. The van der Waals surface area contributed by atoms with Crippen molar-refractivity contribution in [3.63, 3.8) is 0 Å². The Labute approximate surface area is 333 Å². The van der Waals surface area contributed by atoms with Crippen molar-refractivity contribution in [2.45, 2.75) is 19.3 Å². The number of nitrogens with one attached hydrogen (secondary N) is 6. The Balaban J connectivity index is 1.19. The average Bonchev–Trinajstić information content (AvgIpc) is 3.21. The highest BCUT2D eigenvalue weighted by atomic mass is 127. The van der Waals surface area contributed by atoms with Gasteiger partial charge in [0.25, 0.3) is 11.8 Å². The molecule has 0 unspecified atom stereocenters. The molecule has 0 aliphatic rings. The summed E-state index contributed by atoms with van der Waals surface area (Å²) in [5.41, 5.74) is 3.16. The van der Waals surface area contributed by atoms with Crippen LogP contribution in [0.1, 0.15) is 39.1 Å². The lowest BCUT2D eigenvalue weighted by Crippen LogP contribution is -2.27. The van der Waals surface area contributed by atoms with Gasteiger partial charge in [0, 0.05) is 47.4 Å². The van der Waals surface area contributed by atoms with Crippen molar-refractivity contribution in [2.75, 3.05) is 99.4 Å². The van der Waals surface area contributed by atoms with Crippen molar-refractivity contribution in [1.82, 2.24) is 25.6 Å². The molecule has 16 heteroatoms. The van der Waals surface area contributed by atoms with E-state index in [1.165, 1.54) is 5.56 Å². The first-order chi connectivity index (χ1) is 27.1. The van der Waals surface area contributed by atoms with Gasteiger partial charge in [-0.05, 0) is 82.3 Å². The molecule has 296 valence electrons. The molecule has 4 aromatic rings. The second-order valence-corrected chi connectivity index (χ2v) is 13.8. The van der Waals surface area contributed by atoms with E-state index in [0.717, 1.165) is 23.7 Å². The summed E-state index contributed by atoms with van der Waals surface area (Å²) in [6.45, 7) is 5.50. The Hall–Kier alpha value is -4.62. The molecule has 2 amide bonds. The highest BCUT2D eigenvalue weighted by molar-refractivity contribution is 14.1.